The first kappa shape index (κ1) is 26.8. The molecule has 3 aromatic rings. The number of nitrogens with zero attached hydrogens (tertiary/aromatic N) is 2. The number of carbonyl (C=O) groups is 2. The second-order valence-electron chi connectivity index (χ2n) is 9.74. The number of aromatic nitrogens is 2. The third kappa shape index (κ3) is 4.75. The first-order valence-corrected chi connectivity index (χ1v) is 12.7. The number of thiophene rings is 1. The van der Waals surface area contributed by atoms with E-state index < -0.39 is 22.3 Å². The number of aryl methyl sites for hydroxylation is 1. The van der Waals surface area contributed by atoms with E-state index in [-0.39, 0.29) is 41.1 Å². The van der Waals surface area contributed by atoms with Gasteiger partial charge in [0.1, 0.15) is 29.2 Å². The van der Waals surface area contributed by atoms with Gasteiger partial charge in [-0.3, -0.25) is 14.4 Å². The molecule has 1 fully saturated rings. The molecule has 0 spiro atoms. The van der Waals surface area contributed by atoms with Crippen molar-refractivity contribution in [2.24, 2.45) is 7.05 Å². The molecule has 0 aromatic carbocycles. The van der Waals surface area contributed by atoms with Gasteiger partial charge in [0.05, 0.1) is 15.8 Å². The SMILES string of the molecule is CCNC(=O)c1cc2c(-c3sc(C(F)(F)C(C)(C)O)cc3OCC3CCC(=O)N3C)cn(C)c(=O)c2[nH]1. The van der Waals surface area contributed by atoms with Crippen LogP contribution in [-0.4, -0.2) is 63.2 Å². The van der Waals surface area contributed by atoms with Crippen molar-refractivity contribution in [3.05, 3.63) is 39.3 Å². The van der Waals surface area contributed by atoms with Gasteiger partial charge in [-0.2, -0.15) is 8.78 Å². The summed E-state index contributed by atoms with van der Waals surface area (Å²) >= 11 is 0.742. The van der Waals surface area contributed by atoms with Crippen LogP contribution in [0.4, 0.5) is 8.78 Å². The number of rotatable bonds is 8. The Morgan fingerprint density at radius 3 is 2.59 bits per heavy atom. The molecule has 2 amide bonds. The number of amides is 2. The van der Waals surface area contributed by atoms with Gasteiger partial charge in [-0.1, -0.05) is 0 Å². The van der Waals surface area contributed by atoms with Crippen molar-refractivity contribution in [1.82, 2.24) is 19.8 Å². The molecule has 1 aliphatic heterocycles. The number of H-pyrrole nitrogens is 1. The van der Waals surface area contributed by atoms with Gasteiger partial charge in [0.2, 0.25) is 5.91 Å². The maximum atomic E-state index is 15.2. The number of pyridine rings is 1. The van der Waals surface area contributed by atoms with E-state index in [1.165, 1.54) is 29.9 Å². The minimum absolute atomic E-state index is 0.0154. The van der Waals surface area contributed by atoms with Crippen LogP contribution in [-0.2, 0) is 17.8 Å². The predicted molar refractivity (Wildman–Crippen MR) is 136 cm³/mol. The summed E-state index contributed by atoms with van der Waals surface area (Å²) in [7, 11) is 3.20. The Labute approximate surface area is 216 Å². The fraction of sp³-hybridized carbons (Fsp3) is 0.480. The third-order valence-corrected chi connectivity index (χ3v) is 7.85. The zero-order valence-electron chi connectivity index (χ0n) is 21.3. The molecule has 0 aliphatic carbocycles. The van der Waals surface area contributed by atoms with Crippen LogP contribution in [0.2, 0.25) is 0 Å². The Balaban J connectivity index is 1.87. The van der Waals surface area contributed by atoms with Gasteiger partial charge in [-0.15, -0.1) is 11.3 Å². The van der Waals surface area contributed by atoms with Crippen molar-refractivity contribution in [1.29, 1.82) is 0 Å². The number of ether oxygens (including phenoxy) is 1. The smallest absolute Gasteiger partial charge is 0.309 e. The average Bonchev–Trinajstić information content (AvgIpc) is 3.53. The molecule has 200 valence electrons. The molecule has 0 bridgehead atoms. The van der Waals surface area contributed by atoms with Gasteiger partial charge in [-0.05, 0) is 33.3 Å². The van der Waals surface area contributed by atoms with Crippen LogP contribution in [0.5, 0.6) is 5.75 Å². The molecule has 12 heteroatoms. The number of aromatic amines is 1. The second kappa shape index (κ2) is 9.56. The highest BCUT2D eigenvalue weighted by molar-refractivity contribution is 7.16. The van der Waals surface area contributed by atoms with Gasteiger partial charge < -0.3 is 29.6 Å². The summed E-state index contributed by atoms with van der Waals surface area (Å²) < 4.78 is 37.8. The van der Waals surface area contributed by atoms with Gasteiger partial charge in [0, 0.05) is 50.3 Å². The summed E-state index contributed by atoms with van der Waals surface area (Å²) in [5.74, 6) is -3.88. The molecule has 37 heavy (non-hydrogen) atoms. The minimum Gasteiger partial charge on any atom is -0.490 e. The van der Waals surface area contributed by atoms with Gasteiger partial charge >= 0.3 is 5.92 Å². The van der Waals surface area contributed by atoms with Crippen LogP contribution in [0.15, 0.2) is 23.1 Å². The largest absolute Gasteiger partial charge is 0.490 e. The summed E-state index contributed by atoms with van der Waals surface area (Å²) in [6.07, 6.45) is 2.48. The standard InChI is InChI=1S/C25H30F2N4O5S/c1-6-28-22(33)16-9-14-15(11-30(4)23(34)20(14)29-16)21-17(36-12-13-7-8-19(32)31(13)5)10-18(37-21)25(26,27)24(2,3)35/h9-11,13,29,35H,6-8,12H2,1-5H3,(H,28,33). The molecule has 1 atom stereocenters. The zero-order valence-corrected chi connectivity index (χ0v) is 22.1. The molecule has 1 saturated heterocycles. The molecule has 3 N–H and O–H groups in total. The summed E-state index contributed by atoms with van der Waals surface area (Å²) in [6.45, 7) is 4.30. The van der Waals surface area contributed by atoms with E-state index in [9.17, 15) is 19.5 Å². The molecule has 9 nitrogen and oxygen atoms in total. The van der Waals surface area contributed by atoms with E-state index >= 15 is 8.78 Å². The van der Waals surface area contributed by atoms with E-state index in [0.29, 0.717) is 35.2 Å². The maximum absolute atomic E-state index is 15.2. The Morgan fingerprint density at radius 1 is 1.30 bits per heavy atom. The van der Waals surface area contributed by atoms with Crippen molar-refractivity contribution in [3.63, 3.8) is 0 Å². The van der Waals surface area contributed by atoms with Crippen molar-refractivity contribution in [2.45, 2.75) is 51.2 Å². The summed E-state index contributed by atoms with van der Waals surface area (Å²) in [5.41, 5.74) is -2.01. The fourth-order valence-corrected chi connectivity index (χ4v) is 5.52. The first-order chi connectivity index (χ1) is 17.3. The van der Waals surface area contributed by atoms with E-state index in [0.717, 1.165) is 25.2 Å². The van der Waals surface area contributed by atoms with Crippen molar-refractivity contribution in [3.8, 4) is 16.2 Å². The monoisotopic (exact) mass is 536 g/mol. The van der Waals surface area contributed by atoms with Crippen LogP contribution in [0.3, 0.4) is 0 Å². The van der Waals surface area contributed by atoms with Crippen LogP contribution < -0.4 is 15.6 Å². The number of alkyl halides is 2. The fourth-order valence-electron chi connectivity index (χ4n) is 4.26. The van der Waals surface area contributed by atoms with Crippen LogP contribution >= 0.6 is 11.3 Å². The molecule has 1 aliphatic rings. The normalized spacial score (nSPS) is 16.6. The molecule has 4 rings (SSSR count). The van der Waals surface area contributed by atoms with Gasteiger partial charge in [-0.25, -0.2) is 0 Å². The number of hydrogen-bond acceptors (Lipinski definition) is 6. The number of aliphatic hydroxyl groups is 1. The minimum atomic E-state index is -3.60. The van der Waals surface area contributed by atoms with Crippen LogP contribution in [0, 0.1) is 0 Å². The number of nitrogens with one attached hydrogen (secondary N) is 2. The Kier molecular flexibility index (Phi) is 6.93. The highest BCUT2D eigenvalue weighted by Crippen LogP contribution is 2.49. The van der Waals surface area contributed by atoms with Gasteiger partial charge in [0.15, 0.2) is 0 Å². The number of halogens is 2. The lowest BCUT2D eigenvalue weighted by atomic mass is 9.99. The highest BCUT2D eigenvalue weighted by Gasteiger charge is 2.49. The molecule has 3 aromatic heterocycles. The van der Waals surface area contributed by atoms with Crippen molar-refractivity contribution in [2.75, 3.05) is 20.2 Å². The number of fused-ring (bicyclic) bond motifs is 1. The molecule has 0 radical (unpaired) electrons. The number of carbonyl (C=O) groups excluding carboxylic acids is 2. The third-order valence-electron chi connectivity index (χ3n) is 6.63. The first-order valence-electron chi connectivity index (χ1n) is 11.9. The second-order valence-corrected chi connectivity index (χ2v) is 10.8. The van der Waals surface area contributed by atoms with E-state index in [4.69, 9.17) is 4.74 Å². The molecule has 1 unspecified atom stereocenters. The maximum Gasteiger partial charge on any atom is 0.309 e. The lowest BCUT2D eigenvalue weighted by Crippen LogP contribution is -2.39. The van der Waals surface area contributed by atoms with Gasteiger partial charge in [0.25, 0.3) is 11.5 Å². The number of likely N-dealkylation sites (tertiary alicyclic amines) is 1. The van der Waals surface area contributed by atoms with E-state index in [1.807, 2.05) is 0 Å². The Morgan fingerprint density at radius 2 is 2.00 bits per heavy atom. The topological polar surface area (TPSA) is 117 Å². The Hall–Kier alpha value is -3.25. The Bertz CT molecular complexity index is 1420. The molecular formula is C25H30F2N4O5S. The molecule has 4 heterocycles. The van der Waals surface area contributed by atoms with Crippen molar-refractivity contribution < 1.29 is 28.2 Å². The summed E-state index contributed by atoms with van der Waals surface area (Å²) in [6, 6.07) is 2.50. The molecular weight excluding hydrogens is 506 g/mol. The highest BCUT2D eigenvalue weighted by atomic mass is 32.1. The average molecular weight is 537 g/mol. The van der Waals surface area contributed by atoms with E-state index in [2.05, 4.69) is 10.3 Å². The van der Waals surface area contributed by atoms with Crippen molar-refractivity contribution >= 4 is 34.1 Å². The quantitative estimate of drug-likeness (QED) is 0.409. The number of hydrogen-bond donors (Lipinski definition) is 3. The van der Waals surface area contributed by atoms with E-state index in [1.54, 1.807) is 18.9 Å². The lowest BCUT2D eigenvalue weighted by Gasteiger charge is -2.27. The lowest BCUT2D eigenvalue weighted by molar-refractivity contribution is -0.166. The molecule has 0 saturated carbocycles. The van der Waals surface area contributed by atoms with Crippen LogP contribution in [0.1, 0.15) is 49.0 Å². The summed E-state index contributed by atoms with van der Waals surface area (Å²) in [5, 5.41) is 13.2. The summed E-state index contributed by atoms with van der Waals surface area (Å²) in [4.78, 5) is 41.5. The zero-order chi connectivity index (χ0) is 27.3. The predicted octanol–water partition coefficient (Wildman–Crippen LogP) is 3.21. The number of likely N-dealkylation sites (N-methyl/N-ethyl adjacent to an activating group) is 1. The van der Waals surface area contributed by atoms with Crippen LogP contribution in [0.25, 0.3) is 21.3 Å².